The van der Waals surface area contributed by atoms with Crippen LogP contribution in [0.2, 0.25) is 5.02 Å². The quantitative estimate of drug-likeness (QED) is 0.248. The molecule has 3 aromatic rings. The molecule has 0 aliphatic rings. The minimum Gasteiger partial charge on any atom is -0.506 e. The fraction of sp³-hybridized carbons (Fsp3) is 0.231. The molecule has 0 bridgehead atoms. The minimum atomic E-state index is -5.13. The van der Waals surface area contributed by atoms with Crippen LogP contribution in [0.5, 0.6) is 5.75 Å². The Hall–Kier alpha value is -3.73. The van der Waals surface area contributed by atoms with E-state index in [4.69, 9.17) is 11.6 Å². The van der Waals surface area contributed by atoms with Gasteiger partial charge in [0.1, 0.15) is 5.75 Å². The van der Waals surface area contributed by atoms with Gasteiger partial charge in [0, 0.05) is 30.1 Å². The Balaban J connectivity index is 1.95. The summed E-state index contributed by atoms with van der Waals surface area (Å²) in [5, 5.41) is 12.8. The first-order chi connectivity index (χ1) is 17.6. The number of amides is 2. The van der Waals surface area contributed by atoms with E-state index in [1.54, 1.807) is 30.3 Å². The van der Waals surface area contributed by atoms with E-state index in [0.29, 0.717) is 22.7 Å². The number of hydrogen-bond donors (Lipinski definition) is 2. The van der Waals surface area contributed by atoms with Gasteiger partial charge in [0.15, 0.2) is 0 Å². The van der Waals surface area contributed by atoms with Crippen LogP contribution in [-0.4, -0.2) is 34.9 Å². The average Bonchev–Trinajstić information content (AvgIpc) is 2.84. The van der Waals surface area contributed by atoms with Crippen LogP contribution < -0.4 is 5.32 Å². The van der Waals surface area contributed by atoms with Crippen LogP contribution in [-0.2, 0) is 23.6 Å². The topological polar surface area (TPSA) is 69.6 Å². The van der Waals surface area contributed by atoms with Crippen LogP contribution in [0.15, 0.2) is 66.7 Å². The lowest BCUT2D eigenvalue weighted by Gasteiger charge is -2.29. The van der Waals surface area contributed by atoms with E-state index in [1.165, 1.54) is 25.2 Å². The molecule has 3 rings (SSSR count). The first-order valence-electron chi connectivity index (χ1n) is 11.0. The van der Waals surface area contributed by atoms with E-state index in [0.717, 1.165) is 4.90 Å². The zero-order valence-corrected chi connectivity index (χ0v) is 20.5. The molecule has 0 saturated carbocycles. The van der Waals surface area contributed by atoms with Crippen LogP contribution >= 0.6 is 11.6 Å². The van der Waals surface area contributed by atoms with Gasteiger partial charge in [0.2, 0.25) is 5.91 Å². The number of nitrogens with zero attached hydrogens (tertiary/aromatic N) is 1. The number of anilines is 1. The smallest absolute Gasteiger partial charge is 0.416 e. The Labute approximate surface area is 218 Å². The normalized spacial score (nSPS) is 12.6. The van der Waals surface area contributed by atoms with Crippen molar-refractivity contribution in [1.29, 1.82) is 0 Å². The number of benzene rings is 3. The van der Waals surface area contributed by atoms with Crippen molar-refractivity contribution >= 4 is 29.1 Å². The second-order valence-corrected chi connectivity index (χ2v) is 8.90. The third kappa shape index (κ3) is 7.41. The number of hydrogen-bond acceptors (Lipinski definition) is 3. The standard InChI is InChI=1S/C26H21ClF6N2O3/c1-35(24(38)16-11-17(25(28,29)30)13-18(12-16)26(31,32)33)20(10-15-6-8-19(27)9-7-15)14-23(37)34-21-4-2-3-5-22(21)36/h2-9,11-13,20,36H,10,14H2,1H3,(H,34,37). The monoisotopic (exact) mass is 558 g/mol. The first-order valence-corrected chi connectivity index (χ1v) is 11.4. The van der Waals surface area contributed by atoms with Gasteiger partial charge in [-0.15, -0.1) is 0 Å². The largest absolute Gasteiger partial charge is 0.506 e. The Bertz CT molecular complexity index is 1280. The maximum atomic E-state index is 13.3. The van der Waals surface area contributed by atoms with Gasteiger partial charge < -0.3 is 15.3 Å². The fourth-order valence-corrected chi connectivity index (χ4v) is 3.81. The second kappa shape index (κ2) is 11.3. The summed E-state index contributed by atoms with van der Waals surface area (Å²) in [6, 6.07) is 11.8. The third-order valence-corrected chi connectivity index (χ3v) is 5.94. The molecule has 12 heteroatoms. The van der Waals surface area contributed by atoms with E-state index in [-0.39, 0.29) is 30.3 Å². The number of phenolic OH excluding ortho intramolecular Hbond substituents is 1. The second-order valence-electron chi connectivity index (χ2n) is 8.46. The fourth-order valence-electron chi connectivity index (χ4n) is 3.68. The maximum absolute atomic E-state index is 13.3. The number of likely N-dealkylation sites (N-methyl/N-ethyl adjacent to an activating group) is 1. The number of para-hydroxylation sites is 2. The molecular weight excluding hydrogens is 538 g/mol. The molecule has 0 fully saturated rings. The van der Waals surface area contributed by atoms with Crippen molar-refractivity contribution in [3.05, 3.63) is 94.0 Å². The van der Waals surface area contributed by atoms with Crippen LogP contribution in [0.4, 0.5) is 32.0 Å². The van der Waals surface area contributed by atoms with Crippen LogP contribution in [0, 0.1) is 0 Å². The lowest BCUT2D eigenvalue weighted by molar-refractivity contribution is -0.143. The van der Waals surface area contributed by atoms with Gasteiger partial charge in [-0.2, -0.15) is 26.3 Å². The van der Waals surface area contributed by atoms with Crippen molar-refractivity contribution in [2.75, 3.05) is 12.4 Å². The summed E-state index contributed by atoms with van der Waals surface area (Å²) in [5.41, 5.74) is -3.40. The number of rotatable bonds is 7. The summed E-state index contributed by atoms with van der Waals surface area (Å²) in [6.07, 6.45) is -10.6. The minimum absolute atomic E-state index is 0.0265. The van der Waals surface area contributed by atoms with Crippen molar-refractivity contribution in [2.45, 2.75) is 31.2 Å². The summed E-state index contributed by atoms with van der Waals surface area (Å²) >= 11 is 5.90. The lowest BCUT2D eigenvalue weighted by atomic mass is 9.99. The number of alkyl halides is 6. The lowest BCUT2D eigenvalue weighted by Crippen LogP contribution is -2.41. The molecule has 0 aromatic heterocycles. The van der Waals surface area contributed by atoms with E-state index in [2.05, 4.69) is 5.32 Å². The number of phenols is 1. The molecule has 1 atom stereocenters. The van der Waals surface area contributed by atoms with Crippen molar-refractivity contribution in [2.24, 2.45) is 0 Å². The van der Waals surface area contributed by atoms with Crippen molar-refractivity contribution < 1.29 is 41.0 Å². The zero-order chi connectivity index (χ0) is 28.3. The highest BCUT2D eigenvalue weighted by Gasteiger charge is 2.38. The van der Waals surface area contributed by atoms with Crippen LogP contribution in [0.1, 0.15) is 33.5 Å². The molecule has 0 aliphatic carbocycles. The number of carbonyl (C=O) groups excluding carboxylic acids is 2. The van der Waals surface area contributed by atoms with Gasteiger partial charge >= 0.3 is 12.4 Å². The van der Waals surface area contributed by atoms with Crippen molar-refractivity contribution in [1.82, 2.24) is 4.90 Å². The molecule has 5 nitrogen and oxygen atoms in total. The Morgan fingerprint density at radius 1 is 0.921 bits per heavy atom. The predicted octanol–water partition coefficient (Wildman–Crippen LogP) is 6.80. The summed E-state index contributed by atoms with van der Waals surface area (Å²) < 4.78 is 79.9. The molecular formula is C26H21ClF6N2O3. The number of carbonyl (C=O) groups is 2. The van der Waals surface area contributed by atoms with Gasteiger partial charge in [-0.05, 0) is 54.4 Å². The summed E-state index contributed by atoms with van der Waals surface area (Å²) in [5.74, 6) is -2.01. The predicted molar refractivity (Wildman–Crippen MR) is 129 cm³/mol. The maximum Gasteiger partial charge on any atom is 0.416 e. The highest BCUT2D eigenvalue weighted by atomic mass is 35.5. The highest BCUT2D eigenvalue weighted by molar-refractivity contribution is 6.30. The zero-order valence-electron chi connectivity index (χ0n) is 19.7. The number of aromatic hydroxyl groups is 1. The highest BCUT2D eigenvalue weighted by Crippen LogP contribution is 2.36. The van der Waals surface area contributed by atoms with E-state index in [9.17, 15) is 41.0 Å². The first kappa shape index (κ1) is 28.8. The molecule has 3 aromatic carbocycles. The molecule has 202 valence electrons. The molecule has 0 aliphatic heterocycles. The Kier molecular flexibility index (Phi) is 8.61. The SMILES string of the molecule is CN(C(=O)c1cc(C(F)(F)F)cc(C(F)(F)F)c1)C(CC(=O)Nc1ccccc1O)Cc1ccc(Cl)cc1. The Morgan fingerprint density at radius 2 is 1.47 bits per heavy atom. The summed E-state index contributed by atoms with van der Waals surface area (Å²) in [7, 11) is 1.18. The van der Waals surface area contributed by atoms with Gasteiger partial charge in [-0.25, -0.2) is 0 Å². The van der Waals surface area contributed by atoms with Crippen LogP contribution in [0.3, 0.4) is 0 Å². The third-order valence-electron chi connectivity index (χ3n) is 5.69. The van der Waals surface area contributed by atoms with Gasteiger partial charge in [0.25, 0.3) is 5.91 Å². The molecule has 0 spiro atoms. The summed E-state index contributed by atoms with van der Waals surface area (Å²) in [6.45, 7) is 0. The Morgan fingerprint density at radius 3 is 2.00 bits per heavy atom. The van der Waals surface area contributed by atoms with Crippen molar-refractivity contribution in [3.8, 4) is 5.75 Å². The molecule has 0 radical (unpaired) electrons. The van der Waals surface area contributed by atoms with E-state index < -0.39 is 46.9 Å². The summed E-state index contributed by atoms with van der Waals surface area (Å²) in [4.78, 5) is 26.9. The van der Waals surface area contributed by atoms with E-state index >= 15 is 0 Å². The molecule has 0 saturated heterocycles. The molecule has 38 heavy (non-hydrogen) atoms. The molecule has 2 amide bonds. The molecule has 2 N–H and O–H groups in total. The number of nitrogens with one attached hydrogen (secondary N) is 1. The molecule has 0 heterocycles. The van der Waals surface area contributed by atoms with Crippen LogP contribution in [0.25, 0.3) is 0 Å². The van der Waals surface area contributed by atoms with Gasteiger partial charge in [-0.1, -0.05) is 35.9 Å². The van der Waals surface area contributed by atoms with Gasteiger partial charge in [-0.3, -0.25) is 9.59 Å². The number of halogens is 7. The van der Waals surface area contributed by atoms with Gasteiger partial charge in [0.05, 0.1) is 16.8 Å². The van der Waals surface area contributed by atoms with Crippen molar-refractivity contribution in [3.63, 3.8) is 0 Å². The molecule has 1 unspecified atom stereocenters. The van der Waals surface area contributed by atoms with E-state index in [1.807, 2.05) is 0 Å². The average molecular weight is 559 g/mol.